The molecule has 0 amide bonds. The monoisotopic (exact) mass is 384 g/mol. The van der Waals surface area contributed by atoms with Crippen LogP contribution in [0.3, 0.4) is 0 Å². The van der Waals surface area contributed by atoms with Crippen LogP contribution in [0.15, 0.2) is 53.6 Å². The lowest BCUT2D eigenvalue weighted by Gasteiger charge is -2.22. The van der Waals surface area contributed by atoms with E-state index in [1.807, 2.05) is 31.2 Å². The van der Waals surface area contributed by atoms with Crippen LogP contribution in [-0.2, 0) is 0 Å². The molecular weight excluding hydrogens is 356 g/mol. The van der Waals surface area contributed by atoms with Gasteiger partial charge in [-0.15, -0.1) is 0 Å². The molecule has 2 rings (SSSR count). The third-order valence-electron chi connectivity index (χ3n) is 3.95. The maximum absolute atomic E-state index is 5.58. The van der Waals surface area contributed by atoms with E-state index in [0.29, 0.717) is 11.7 Å². The number of anilines is 2. The number of thiocarbonyl (C=S) groups is 1. The van der Waals surface area contributed by atoms with E-state index >= 15 is 0 Å². The summed E-state index contributed by atoms with van der Waals surface area (Å²) in [5, 5.41) is 7.73. The van der Waals surface area contributed by atoms with E-state index in [4.69, 9.17) is 17.0 Å². The lowest BCUT2D eigenvalue weighted by Crippen LogP contribution is -2.24. The quantitative estimate of drug-likeness (QED) is 0.375. The molecule has 0 atom stereocenters. The number of nitrogens with zero attached hydrogens (tertiary/aromatic N) is 2. The molecule has 2 N–H and O–H groups in total. The van der Waals surface area contributed by atoms with Crippen LogP contribution in [0, 0.1) is 0 Å². The molecule has 0 radical (unpaired) electrons. The molecule has 0 aliphatic heterocycles. The Morgan fingerprint density at radius 1 is 1.11 bits per heavy atom. The first-order chi connectivity index (χ1) is 13.2. The molecule has 0 spiro atoms. The Morgan fingerprint density at radius 3 is 2.52 bits per heavy atom. The minimum absolute atomic E-state index is 0.412. The minimum Gasteiger partial charge on any atom is -0.492 e. The number of ether oxygens (including phenoxy) is 1. The molecule has 5 nitrogen and oxygen atoms in total. The van der Waals surface area contributed by atoms with Crippen LogP contribution in [-0.4, -0.2) is 31.0 Å². The topological polar surface area (TPSA) is 48.9 Å². The van der Waals surface area contributed by atoms with Crippen molar-refractivity contribution in [1.82, 2.24) is 5.43 Å². The van der Waals surface area contributed by atoms with Gasteiger partial charge < -0.3 is 15.0 Å². The molecule has 2 aromatic rings. The van der Waals surface area contributed by atoms with Crippen molar-refractivity contribution in [2.45, 2.75) is 27.2 Å². The van der Waals surface area contributed by atoms with Crippen molar-refractivity contribution in [3.63, 3.8) is 0 Å². The zero-order valence-electron chi connectivity index (χ0n) is 16.2. The van der Waals surface area contributed by atoms with E-state index in [1.54, 1.807) is 6.21 Å². The van der Waals surface area contributed by atoms with Crippen LogP contribution in [0.25, 0.3) is 0 Å². The largest absolute Gasteiger partial charge is 0.492 e. The summed E-state index contributed by atoms with van der Waals surface area (Å²) in [5.74, 6) is 0.760. The molecule has 0 saturated carbocycles. The fraction of sp³-hybridized carbons (Fsp3) is 0.333. The lowest BCUT2D eigenvalue weighted by molar-refractivity contribution is 0.342. The number of nitrogens with one attached hydrogen (secondary N) is 2. The highest BCUT2D eigenvalue weighted by Gasteiger charge is 2.04. The SMILES string of the molecule is CCCN(CC)c1ccc(C=NNC(=S)Nc2ccccc2OCC)cc1. The summed E-state index contributed by atoms with van der Waals surface area (Å²) < 4.78 is 5.58. The van der Waals surface area contributed by atoms with Crippen LogP contribution >= 0.6 is 12.2 Å². The van der Waals surface area contributed by atoms with E-state index in [1.165, 1.54) is 5.69 Å². The van der Waals surface area contributed by atoms with Crippen molar-refractivity contribution >= 4 is 34.9 Å². The van der Waals surface area contributed by atoms with Gasteiger partial charge in [-0.25, -0.2) is 0 Å². The fourth-order valence-electron chi connectivity index (χ4n) is 2.68. The van der Waals surface area contributed by atoms with Crippen LogP contribution in [0.1, 0.15) is 32.8 Å². The predicted octanol–water partition coefficient (Wildman–Crippen LogP) is 4.64. The Balaban J connectivity index is 1.90. The van der Waals surface area contributed by atoms with Gasteiger partial charge in [0.05, 0.1) is 18.5 Å². The van der Waals surface area contributed by atoms with Gasteiger partial charge >= 0.3 is 0 Å². The second-order valence-corrected chi connectivity index (χ2v) is 6.33. The average molecular weight is 385 g/mol. The van der Waals surface area contributed by atoms with Crippen LogP contribution < -0.4 is 20.4 Å². The fourth-order valence-corrected chi connectivity index (χ4v) is 2.84. The summed E-state index contributed by atoms with van der Waals surface area (Å²) >= 11 is 5.30. The second-order valence-electron chi connectivity index (χ2n) is 5.92. The summed E-state index contributed by atoms with van der Waals surface area (Å²) in [6.45, 7) is 8.98. The molecule has 144 valence electrons. The van der Waals surface area contributed by atoms with Gasteiger partial charge in [-0.3, -0.25) is 5.43 Å². The molecule has 0 heterocycles. The van der Waals surface area contributed by atoms with Crippen molar-refractivity contribution in [2.75, 3.05) is 29.9 Å². The van der Waals surface area contributed by atoms with Gasteiger partial charge in [0.1, 0.15) is 5.75 Å². The average Bonchev–Trinajstić information content (AvgIpc) is 2.68. The Labute approximate surface area is 167 Å². The molecule has 2 aromatic carbocycles. The zero-order chi connectivity index (χ0) is 19.5. The van der Waals surface area contributed by atoms with Gasteiger partial charge in [-0.1, -0.05) is 31.2 Å². The van der Waals surface area contributed by atoms with Gasteiger partial charge in [0.15, 0.2) is 5.11 Å². The maximum Gasteiger partial charge on any atom is 0.191 e. The molecule has 27 heavy (non-hydrogen) atoms. The van der Waals surface area contributed by atoms with E-state index in [2.05, 4.69) is 58.9 Å². The summed E-state index contributed by atoms with van der Waals surface area (Å²) in [6.07, 6.45) is 2.89. The Kier molecular flexibility index (Phi) is 8.58. The van der Waals surface area contributed by atoms with Gasteiger partial charge in [0, 0.05) is 18.8 Å². The summed E-state index contributed by atoms with van der Waals surface area (Å²) in [4.78, 5) is 2.36. The van der Waals surface area contributed by atoms with E-state index < -0.39 is 0 Å². The number of hydrazone groups is 1. The molecule has 0 unspecified atom stereocenters. The first-order valence-electron chi connectivity index (χ1n) is 9.34. The van der Waals surface area contributed by atoms with E-state index in [-0.39, 0.29) is 0 Å². The molecule has 6 heteroatoms. The van der Waals surface area contributed by atoms with E-state index in [0.717, 1.165) is 36.5 Å². The van der Waals surface area contributed by atoms with Gasteiger partial charge in [-0.2, -0.15) is 5.10 Å². The molecule has 0 bridgehead atoms. The highest BCUT2D eigenvalue weighted by Crippen LogP contribution is 2.23. The number of para-hydroxylation sites is 2. The van der Waals surface area contributed by atoms with Crippen molar-refractivity contribution in [3.05, 3.63) is 54.1 Å². The lowest BCUT2D eigenvalue weighted by atomic mass is 10.2. The van der Waals surface area contributed by atoms with Gasteiger partial charge in [0.2, 0.25) is 0 Å². The molecule has 0 aliphatic carbocycles. The minimum atomic E-state index is 0.412. The first kappa shape index (κ1) is 20.7. The number of benzene rings is 2. The second kappa shape index (κ2) is 11.2. The highest BCUT2D eigenvalue weighted by molar-refractivity contribution is 7.80. The third-order valence-corrected chi connectivity index (χ3v) is 4.14. The molecule has 0 aromatic heterocycles. The summed E-state index contributed by atoms with van der Waals surface area (Å²) in [5.41, 5.74) is 5.89. The Bertz CT molecular complexity index is 746. The normalized spacial score (nSPS) is 10.6. The first-order valence-corrected chi connectivity index (χ1v) is 9.75. The zero-order valence-corrected chi connectivity index (χ0v) is 17.1. The predicted molar refractivity (Wildman–Crippen MR) is 119 cm³/mol. The van der Waals surface area contributed by atoms with Crippen LogP contribution in [0.4, 0.5) is 11.4 Å². The van der Waals surface area contributed by atoms with E-state index in [9.17, 15) is 0 Å². The van der Waals surface area contributed by atoms with Crippen molar-refractivity contribution in [1.29, 1.82) is 0 Å². The van der Waals surface area contributed by atoms with Gasteiger partial charge in [-0.05, 0) is 62.3 Å². The number of hydrogen-bond acceptors (Lipinski definition) is 4. The number of hydrogen-bond donors (Lipinski definition) is 2. The van der Waals surface area contributed by atoms with Crippen LogP contribution in [0.2, 0.25) is 0 Å². The smallest absolute Gasteiger partial charge is 0.191 e. The van der Waals surface area contributed by atoms with Crippen molar-refractivity contribution < 1.29 is 4.74 Å². The Hall–Kier alpha value is -2.60. The summed E-state index contributed by atoms with van der Waals surface area (Å²) in [6, 6.07) is 16.0. The summed E-state index contributed by atoms with van der Waals surface area (Å²) in [7, 11) is 0. The third kappa shape index (κ3) is 6.57. The maximum atomic E-state index is 5.58. The Morgan fingerprint density at radius 2 is 1.85 bits per heavy atom. The van der Waals surface area contributed by atoms with Crippen molar-refractivity contribution in [2.24, 2.45) is 5.10 Å². The number of rotatable bonds is 9. The molecule has 0 aliphatic rings. The molecule has 0 fully saturated rings. The van der Waals surface area contributed by atoms with Crippen LogP contribution in [0.5, 0.6) is 5.75 Å². The van der Waals surface area contributed by atoms with Gasteiger partial charge in [0.25, 0.3) is 0 Å². The molecule has 0 saturated heterocycles. The molecular formula is C21H28N4OS. The van der Waals surface area contributed by atoms with Crippen molar-refractivity contribution in [3.8, 4) is 5.75 Å². The standard InChI is InChI=1S/C21H28N4OS/c1-4-15-25(5-2)18-13-11-17(12-14-18)16-22-24-21(27)23-19-9-7-8-10-20(19)26-6-3/h7-14,16H,4-6,15H2,1-3H3,(H2,23,24,27). The highest BCUT2D eigenvalue weighted by atomic mass is 32.1.